The van der Waals surface area contributed by atoms with Gasteiger partial charge in [-0.3, -0.25) is 4.79 Å². The maximum atomic E-state index is 12.1. The second-order valence-electron chi connectivity index (χ2n) is 4.07. The van der Waals surface area contributed by atoms with Gasteiger partial charge < -0.3 is 11.1 Å². The molecule has 5 heteroatoms. The molecule has 17 heavy (non-hydrogen) atoms. The van der Waals surface area contributed by atoms with E-state index in [2.05, 4.69) is 21.2 Å². The fourth-order valence-electron chi connectivity index (χ4n) is 1.83. The highest BCUT2D eigenvalue weighted by Crippen LogP contribution is 2.24. The molecule has 0 spiro atoms. The predicted molar refractivity (Wildman–Crippen MR) is 76.4 cm³/mol. The van der Waals surface area contributed by atoms with E-state index in [1.54, 1.807) is 18.2 Å². The van der Waals surface area contributed by atoms with Gasteiger partial charge in [-0.1, -0.05) is 6.07 Å². The molecular formula is C12H15BrN2OS. The van der Waals surface area contributed by atoms with Crippen LogP contribution in [0.2, 0.25) is 0 Å². The second-order valence-corrected chi connectivity index (χ2v) is 6.09. The van der Waals surface area contributed by atoms with Gasteiger partial charge in [-0.15, -0.1) is 0 Å². The summed E-state index contributed by atoms with van der Waals surface area (Å²) in [5.74, 6) is 2.22. The van der Waals surface area contributed by atoms with Crippen LogP contribution in [0.5, 0.6) is 0 Å². The van der Waals surface area contributed by atoms with E-state index >= 15 is 0 Å². The first-order valence-corrected chi connectivity index (χ1v) is 7.56. The molecule has 1 aromatic rings. The fourth-order valence-corrected chi connectivity index (χ4v) is 3.38. The molecule has 0 bridgehead atoms. The first-order chi connectivity index (χ1) is 8.18. The van der Waals surface area contributed by atoms with Crippen LogP contribution in [-0.4, -0.2) is 23.5 Å². The summed E-state index contributed by atoms with van der Waals surface area (Å²) < 4.78 is 0.683. The zero-order chi connectivity index (χ0) is 12.3. The van der Waals surface area contributed by atoms with Crippen molar-refractivity contribution in [2.24, 2.45) is 0 Å². The van der Waals surface area contributed by atoms with E-state index in [1.165, 1.54) is 0 Å². The normalized spacial score (nSPS) is 16.8. The molecule has 0 aromatic heterocycles. The Labute approximate surface area is 114 Å². The van der Waals surface area contributed by atoms with Crippen molar-refractivity contribution in [1.82, 2.24) is 5.32 Å². The number of halogens is 1. The monoisotopic (exact) mass is 314 g/mol. The van der Waals surface area contributed by atoms with E-state index < -0.39 is 0 Å². The molecule has 0 atom stereocenters. The lowest BCUT2D eigenvalue weighted by Crippen LogP contribution is -2.37. The minimum absolute atomic E-state index is 0.0407. The first-order valence-electron chi connectivity index (χ1n) is 5.61. The molecule has 0 aliphatic carbocycles. The van der Waals surface area contributed by atoms with Gasteiger partial charge in [0.05, 0.1) is 10.0 Å². The van der Waals surface area contributed by atoms with Crippen molar-refractivity contribution in [3.8, 4) is 0 Å². The number of carbonyl (C=O) groups excluding carboxylic acids is 1. The number of hydrogen-bond acceptors (Lipinski definition) is 3. The highest BCUT2D eigenvalue weighted by Gasteiger charge is 2.18. The smallest absolute Gasteiger partial charge is 0.252 e. The van der Waals surface area contributed by atoms with Crippen LogP contribution in [0.15, 0.2) is 22.7 Å². The van der Waals surface area contributed by atoms with Gasteiger partial charge >= 0.3 is 0 Å². The Kier molecular flexibility index (Phi) is 4.34. The number of thioether (sulfide) groups is 1. The van der Waals surface area contributed by atoms with E-state index in [4.69, 9.17) is 5.73 Å². The Bertz CT molecular complexity index is 419. The van der Waals surface area contributed by atoms with Gasteiger partial charge in [0.15, 0.2) is 0 Å². The van der Waals surface area contributed by atoms with Gasteiger partial charge in [-0.25, -0.2) is 0 Å². The van der Waals surface area contributed by atoms with Gasteiger partial charge in [-0.05, 0) is 52.4 Å². The standard InChI is InChI=1S/C12H15BrN2OS/c13-11-9(2-1-3-10(11)14)12(16)15-8-4-6-17-7-5-8/h1-3,8H,4-7,14H2,(H,15,16). The molecule has 1 aliphatic heterocycles. The number of amides is 1. The third-order valence-electron chi connectivity index (χ3n) is 2.83. The number of nitrogens with two attached hydrogens (primary N) is 1. The molecule has 0 radical (unpaired) electrons. The summed E-state index contributed by atoms with van der Waals surface area (Å²) >= 11 is 5.30. The molecule has 1 fully saturated rings. The summed E-state index contributed by atoms with van der Waals surface area (Å²) in [5.41, 5.74) is 6.97. The molecule has 1 heterocycles. The molecule has 1 aromatic carbocycles. The van der Waals surface area contributed by atoms with E-state index in [0.29, 0.717) is 21.8 Å². The summed E-state index contributed by atoms with van der Waals surface area (Å²) in [6, 6.07) is 5.66. The van der Waals surface area contributed by atoms with E-state index in [1.807, 2.05) is 11.8 Å². The van der Waals surface area contributed by atoms with Gasteiger partial charge in [-0.2, -0.15) is 11.8 Å². The highest BCUT2D eigenvalue weighted by molar-refractivity contribution is 9.10. The summed E-state index contributed by atoms with van der Waals surface area (Å²) in [7, 11) is 0. The molecule has 3 N–H and O–H groups in total. The van der Waals surface area contributed by atoms with Crippen molar-refractivity contribution in [3.05, 3.63) is 28.2 Å². The predicted octanol–water partition coefficient (Wildman–Crippen LogP) is 2.66. The largest absolute Gasteiger partial charge is 0.398 e. The summed E-state index contributed by atoms with van der Waals surface area (Å²) in [6.45, 7) is 0. The number of hydrogen-bond donors (Lipinski definition) is 2. The summed E-state index contributed by atoms with van der Waals surface area (Å²) in [6.07, 6.45) is 2.10. The number of anilines is 1. The Morgan fingerprint density at radius 2 is 2.12 bits per heavy atom. The van der Waals surface area contributed by atoms with Gasteiger partial charge in [0.2, 0.25) is 0 Å². The second kappa shape index (κ2) is 5.78. The third kappa shape index (κ3) is 3.16. The Balaban J connectivity index is 2.06. The van der Waals surface area contributed by atoms with Crippen LogP contribution in [0.4, 0.5) is 5.69 Å². The molecule has 1 saturated heterocycles. The van der Waals surface area contributed by atoms with Crippen LogP contribution in [0.25, 0.3) is 0 Å². The molecule has 0 saturated carbocycles. The van der Waals surface area contributed by atoms with Crippen molar-refractivity contribution in [2.75, 3.05) is 17.2 Å². The molecule has 2 rings (SSSR count). The molecule has 0 unspecified atom stereocenters. The topological polar surface area (TPSA) is 55.1 Å². The van der Waals surface area contributed by atoms with Crippen molar-refractivity contribution in [3.63, 3.8) is 0 Å². The van der Waals surface area contributed by atoms with Crippen LogP contribution in [0, 0.1) is 0 Å². The molecule has 1 aliphatic rings. The van der Waals surface area contributed by atoms with Crippen molar-refractivity contribution in [2.45, 2.75) is 18.9 Å². The lowest BCUT2D eigenvalue weighted by atomic mass is 10.1. The average molecular weight is 315 g/mol. The van der Waals surface area contributed by atoms with Crippen LogP contribution in [0.3, 0.4) is 0 Å². The van der Waals surface area contributed by atoms with Crippen molar-refractivity contribution in [1.29, 1.82) is 0 Å². The van der Waals surface area contributed by atoms with Crippen LogP contribution in [0.1, 0.15) is 23.2 Å². The van der Waals surface area contributed by atoms with Crippen LogP contribution >= 0.6 is 27.7 Å². The fraction of sp³-hybridized carbons (Fsp3) is 0.417. The van der Waals surface area contributed by atoms with Crippen molar-refractivity contribution < 1.29 is 4.79 Å². The number of carbonyl (C=O) groups is 1. The summed E-state index contributed by atoms with van der Waals surface area (Å²) in [5, 5.41) is 3.07. The Hall–Kier alpha value is -0.680. The molecule has 92 valence electrons. The minimum Gasteiger partial charge on any atom is -0.398 e. The number of rotatable bonds is 2. The van der Waals surface area contributed by atoms with Crippen molar-refractivity contribution >= 4 is 39.3 Å². The quantitative estimate of drug-likeness (QED) is 0.825. The van der Waals surface area contributed by atoms with Crippen LogP contribution < -0.4 is 11.1 Å². The van der Waals surface area contributed by atoms with Gasteiger partial charge in [0.1, 0.15) is 0 Å². The Morgan fingerprint density at radius 3 is 2.82 bits per heavy atom. The molecular weight excluding hydrogens is 300 g/mol. The van der Waals surface area contributed by atoms with Crippen LogP contribution in [-0.2, 0) is 0 Å². The maximum Gasteiger partial charge on any atom is 0.252 e. The lowest BCUT2D eigenvalue weighted by Gasteiger charge is -2.22. The third-order valence-corrected chi connectivity index (χ3v) is 4.76. The zero-order valence-corrected chi connectivity index (χ0v) is 11.8. The zero-order valence-electron chi connectivity index (χ0n) is 9.41. The number of nitrogens with one attached hydrogen (secondary N) is 1. The molecule has 3 nitrogen and oxygen atoms in total. The van der Waals surface area contributed by atoms with E-state index in [-0.39, 0.29) is 5.91 Å². The number of nitrogen functional groups attached to an aromatic ring is 1. The maximum absolute atomic E-state index is 12.1. The van der Waals surface area contributed by atoms with E-state index in [0.717, 1.165) is 24.3 Å². The SMILES string of the molecule is Nc1cccc(C(=O)NC2CCSCC2)c1Br. The van der Waals surface area contributed by atoms with E-state index in [9.17, 15) is 4.79 Å². The van der Waals surface area contributed by atoms with Gasteiger partial charge in [0, 0.05) is 11.7 Å². The lowest BCUT2D eigenvalue weighted by molar-refractivity contribution is 0.0934. The highest BCUT2D eigenvalue weighted by atomic mass is 79.9. The summed E-state index contributed by atoms with van der Waals surface area (Å²) in [4.78, 5) is 12.1. The average Bonchev–Trinajstić information content (AvgIpc) is 2.34. The van der Waals surface area contributed by atoms with Gasteiger partial charge in [0.25, 0.3) is 5.91 Å². The molecule has 1 amide bonds. The number of benzene rings is 1. The minimum atomic E-state index is -0.0407. The Morgan fingerprint density at radius 1 is 1.41 bits per heavy atom. The first kappa shape index (κ1) is 12.8.